The Balaban J connectivity index is 1.98. The summed E-state index contributed by atoms with van der Waals surface area (Å²) < 4.78 is 0. The highest BCUT2D eigenvalue weighted by molar-refractivity contribution is 6.42. The first-order valence-corrected chi connectivity index (χ1v) is 7.36. The van der Waals surface area contributed by atoms with Crippen molar-refractivity contribution >= 4 is 29.5 Å². The van der Waals surface area contributed by atoms with E-state index in [0.29, 0.717) is 27.8 Å². The number of hydrogen-bond donors (Lipinski definition) is 0. The smallest absolute Gasteiger partial charge is 0.123 e. The summed E-state index contributed by atoms with van der Waals surface area (Å²) >= 11 is 12.1. The van der Waals surface area contributed by atoms with Gasteiger partial charge in [0.05, 0.1) is 10.0 Å². The molecule has 4 rings (SSSR count). The Morgan fingerprint density at radius 2 is 1.67 bits per heavy atom. The molecule has 0 amide bonds. The monoisotopic (exact) mass is 282 g/mol. The van der Waals surface area contributed by atoms with Gasteiger partial charge in [0.2, 0.25) is 0 Å². The van der Waals surface area contributed by atoms with Crippen LogP contribution in [0, 0.1) is 17.8 Å². The van der Waals surface area contributed by atoms with E-state index >= 15 is 0 Å². The lowest BCUT2D eigenvalue weighted by Crippen LogP contribution is -2.39. The van der Waals surface area contributed by atoms with Gasteiger partial charge in [-0.2, -0.15) is 0 Å². The molecule has 0 aromatic heterocycles. The van der Waals surface area contributed by atoms with Crippen molar-refractivity contribution in [2.75, 3.05) is 0 Å². The van der Waals surface area contributed by atoms with Gasteiger partial charge in [0, 0.05) is 5.92 Å². The zero-order valence-electron chi connectivity index (χ0n) is 10.1. The maximum absolute atomic E-state index is 11.4. The van der Waals surface area contributed by atoms with Crippen LogP contribution in [0.4, 0.5) is 0 Å². The summed E-state index contributed by atoms with van der Waals surface area (Å²) in [4.78, 5) is 11.4. The van der Waals surface area contributed by atoms with Gasteiger partial charge in [-0.05, 0) is 61.1 Å². The van der Waals surface area contributed by atoms with Crippen LogP contribution in [-0.4, -0.2) is 6.29 Å². The van der Waals surface area contributed by atoms with Crippen molar-refractivity contribution in [1.82, 2.24) is 0 Å². The molecule has 0 saturated heterocycles. The van der Waals surface area contributed by atoms with Crippen molar-refractivity contribution < 1.29 is 4.79 Å². The van der Waals surface area contributed by atoms with Crippen LogP contribution in [0.1, 0.15) is 37.2 Å². The van der Waals surface area contributed by atoms with Crippen molar-refractivity contribution in [3.63, 3.8) is 0 Å². The summed E-state index contributed by atoms with van der Waals surface area (Å²) in [6.45, 7) is 0. The van der Waals surface area contributed by atoms with E-state index in [9.17, 15) is 4.79 Å². The largest absolute Gasteiger partial charge is 0.303 e. The van der Waals surface area contributed by atoms with Gasteiger partial charge >= 0.3 is 0 Å². The van der Waals surface area contributed by atoms with Gasteiger partial charge in [0.25, 0.3) is 0 Å². The molecule has 1 aromatic carbocycles. The fourth-order valence-corrected chi connectivity index (χ4v) is 4.21. The maximum atomic E-state index is 11.4. The minimum absolute atomic E-state index is 0.176. The van der Waals surface area contributed by atoms with Gasteiger partial charge in [-0.25, -0.2) is 0 Å². The molecule has 0 spiro atoms. The Bertz CT molecular complexity index is 464. The molecular formula is C15H16Cl2O. The third kappa shape index (κ3) is 1.98. The molecule has 3 aliphatic carbocycles. The van der Waals surface area contributed by atoms with Gasteiger partial charge in [-0.1, -0.05) is 29.3 Å². The second kappa shape index (κ2) is 4.86. The average Bonchev–Trinajstić information content (AvgIpc) is 2.42. The summed E-state index contributed by atoms with van der Waals surface area (Å²) in [5.41, 5.74) is 1.19. The van der Waals surface area contributed by atoms with Crippen LogP contribution in [0.15, 0.2) is 18.2 Å². The van der Waals surface area contributed by atoms with Crippen LogP contribution in [0.5, 0.6) is 0 Å². The molecule has 1 aromatic rings. The third-order valence-electron chi connectivity index (χ3n) is 4.77. The van der Waals surface area contributed by atoms with E-state index in [-0.39, 0.29) is 5.92 Å². The third-order valence-corrected chi connectivity index (χ3v) is 5.51. The minimum atomic E-state index is 0.176. The first-order valence-electron chi connectivity index (χ1n) is 6.61. The van der Waals surface area contributed by atoms with Crippen LogP contribution in [-0.2, 0) is 4.79 Å². The molecule has 3 fully saturated rings. The molecule has 96 valence electrons. The van der Waals surface area contributed by atoms with Crippen molar-refractivity contribution in [1.29, 1.82) is 0 Å². The van der Waals surface area contributed by atoms with E-state index in [4.69, 9.17) is 23.2 Å². The quantitative estimate of drug-likeness (QED) is 0.718. The van der Waals surface area contributed by atoms with Gasteiger partial charge in [0.15, 0.2) is 0 Å². The molecule has 3 saturated carbocycles. The number of fused-ring (bicyclic) bond motifs is 3. The van der Waals surface area contributed by atoms with Gasteiger partial charge in [-0.15, -0.1) is 0 Å². The Hall–Kier alpha value is -0.530. The van der Waals surface area contributed by atoms with E-state index in [1.54, 1.807) is 0 Å². The normalized spacial score (nSPS) is 34.6. The van der Waals surface area contributed by atoms with Gasteiger partial charge < -0.3 is 4.79 Å². The van der Waals surface area contributed by atoms with E-state index < -0.39 is 0 Å². The molecule has 0 aliphatic heterocycles. The lowest BCUT2D eigenvalue weighted by molar-refractivity contribution is -0.116. The zero-order valence-corrected chi connectivity index (χ0v) is 11.6. The van der Waals surface area contributed by atoms with E-state index in [0.717, 1.165) is 0 Å². The fourth-order valence-electron chi connectivity index (χ4n) is 3.91. The number of carbonyl (C=O) groups is 1. The Kier molecular flexibility index (Phi) is 3.38. The molecular weight excluding hydrogens is 267 g/mol. The van der Waals surface area contributed by atoms with Crippen LogP contribution in [0.25, 0.3) is 0 Å². The molecule has 0 N–H and O–H groups in total. The number of aldehydes is 1. The second-order valence-electron chi connectivity index (χ2n) is 5.59. The van der Waals surface area contributed by atoms with Crippen molar-refractivity contribution in [2.24, 2.45) is 17.8 Å². The number of carbonyl (C=O) groups excluding carboxylic acids is 1. The predicted molar refractivity (Wildman–Crippen MR) is 74.2 cm³/mol. The van der Waals surface area contributed by atoms with Crippen molar-refractivity contribution in [3.8, 4) is 0 Å². The number of benzene rings is 1. The highest BCUT2D eigenvalue weighted by Crippen LogP contribution is 2.52. The Morgan fingerprint density at radius 1 is 1.00 bits per heavy atom. The lowest BCUT2D eigenvalue weighted by Gasteiger charge is -2.47. The fraction of sp³-hybridized carbons (Fsp3) is 0.533. The summed E-state index contributed by atoms with van der Waals surface area (Å²) in [5, 5.41) is 1.18. The second-order valence-corrected chi connectivity index (χ2v) is 6.40. The molecule has 0 heterocycles. The Morgan fingerprint density at radius 3 is 2.28 bits per heavy atom. The molecule has 0 unspecified atom stereocenters. The standard InChI is InChI=1S/C15H16Cl2O/c16-13-6-5-11(7-14(13)17)15-10-3-1-9(2-4-10)12(15)8-18/h5-10,12,15H,1-4H2/t9?,10?,12-,15-/m1/s1. The van der Waals surface area contributed by atoms with Crippen molar-refractivity contribution in [2.45, 2.75) is 31.6 Å². The summed E-state index contributed by atoms with van der Waals surface area (Å²) in [6, 6.07) is 5.84. The molecule has 3 heteroatoms. The maximum Gasteiger partial charge on any atom is 0.123 e. The first-order chi connectivity index (χ1) is 8.70. The minimum Gasteiger partial charge on any atom is -0.303 e. The van der Waals surface area contributed by atoms with Gasteiger partial charge in [0.1, 0.15) is 6.29 Å². The van der Waals surface area contributed by atoms with Gasteiger partial charge in [-0.3, -0.25) is 0 Å². The number of rotatable bonds is 2. The molecule has 2 atom stereocenters. The number of halogens is 2. The SMILES string of the molecule is O=C[C@@H]1C2CCC(CC2)[C@@H]1c1ccc(Cl)c(Cl)c1. The van der Waals surface area contributed by atoms with Crippen molar-refractivity contribution in [3.05, 3.63) is 33.8 Å². The van der Waals surface area contributed by atoms with E-state index in [1.165, 1.54) is 37.5 Å². The Labute approximate surface area is 117 Å². The topological polar surface area (TPSA) is 17.1 Å². The summed E-state index contributed by atoms with van der Waals surface area (Å²) in [5.74, 6) is 1.74. The molecule has 18 heavy (non-hydrogen) atoms. The van der Waals surface area contributed by atoms with E-state index in [1.807, 2.05) is 18.2 Å². The zero-order chi connectivity index (χ0) is 12.7. The van der Waals surface area contributed by atoms with E-state index in [2.05, 4.69) is 0 Å². The summed E-state index contributed by atoms with van der Waals surface area (Å²) in [6.07, 6.45) is 6.10. The molecule has 0 radical (unpaired) electrons. The summed E-state index contributed by atoms with van der Waals surface area (Å²) in [7, 11) is 0. The molecule has 3 aliphatic rings. The average molecular weight is 283 g/mol. The van der Waals surface area contributed by atoms with Crippen LogP contribution in [0.2, 0.25) is 10.0 Å². The highest BCUT2D eigenvalue weighted by Gasteiger charge is 2.44. The number of hydrogen-bond acceptors (Lipinski definition) is 1. The highest BCUT2D eigenvalue weighted by atomic mass is 35.5. The predicted octanol–water partition coefficient (Wildman–Crippen LogP) is 4.71. The van der Waals surface area contributed by atoms with Crippen LogP contribution < -0.4 is 0 Å². The van der Waals surface area contributed by atoms with Crippen LogP contribution >= 0.6 is 23.2 Å². The molecule has 1 nitrogen and oxygen atoms in total. The van der Waals surface area contributed by atoms with Crippen LogP contribution in [0.3, 0.4) is 0 Å². The molecule has 2 bridgehead atoms. The lowest BCUT2D eigenvalue weighted by atomic mass is 9.57. The first kappa shape index (κ1) is 12.5.